The van der Waals surface area contributed by atoms with Crippen LogP contribution in [0.3, 0.4) is 0 Å². The first-order valence-electron chi connectivity index (χ1n) is 8.53. The number of hydrogen-bond donors (Lipinski definition) is 2. The summed E-state index contributed by atoms with van der Waals surface area (Å²) in [6, 6.07) is 9.49. The third kappa shape index (κ3) is 3.46. The summed E-state index contributed by atoms with van der Waals surface area (Å²) < 4.78 is 6.78. The lowest BCUT2D eigenvalue weighted by molar-refractivity contribution is 0.0951. The highest BCUT2D eigenvalue weighted by atomic mass is 16.5. The molecule has 0 bridgehead atoms. The van der Waals surface area contributed by atoms with Crippen molar-refractivity contribution in [2.24, 2.45) is 0 Å². The minimum Gasteiger partial charge on any atom is -0.370 e. The van der Waals surface area contributed by atoms with E-state index >= 15 is 0 Å². The van der Waals surface area contributed by atoms with Crippen LogP contribution in [0.1, 0.15) is 46.0 Å². The second kappa shape index (κ2) is 7.43. The van der Waals surface area contributed by atoms with Crippen LogP contribution in [0.15, 0.2) is 34.9 Å². The van der Waals surface area contributed by atoms with Crippen molar-refractivity contribution in [3.63, 3.8) is 0 Å². The van der Waals surface area contributed by atoms with Gasteiger partial charge in [-0.3, -0.25) is 9.59 Å². The molecule has 3 heterocycles. The Labute approximate surface area is 151 Å². The van der Waals surface area contributed by atoms with Crippen LogP contribution in [-0.4, -0.2) is 35.5 Å². The van der Waals surface area contributed by atoms with Crippen molar-refractivity contribution in [1.29, 1.82) is 0 Å². The van der Waals surface area contributed by atoms with E-state index in [1.54, 1.807) is 13.1 Å². The van der Waals surface area contributed by atoms with Crippen LogP contribution in [0, 0.1) is 6.92 Å². The fourth-order valence-electron chi connectivity index (χ4n) is 3.06. The number of nitrogens with zero attached hydrogens (tertiary/aromatic N) is 2. The quantitative estimate of drug-likeness (QED) is 0.690. The summed E-state index contributed by atoms with van der Waals surface area (Å²) in [7, 11) is 1.80. The van der Waals surface area contributed by atoms with Gasteiger partial charge in [-0.25, -0.2) is 0 Å². The molecule has 0 radical (unpaired) electrons. The molecule has 7 heteroatoms. The van der Waals surface area contributed by atoms with E-state index in [2.05, 4.69) is 22.7 Å². The number of hydrogen-bond acceptors (Lipinski definition) is 5. The maximum Gasteiger partial charge on any atom is 0.267 e. The lowest BCUT2D eigenvalue weighted by atomic mass is 10.1. The molecule has 1 amide bonds. The SMILES string of the molecule is CC1CCNC(=O)c2cc3ccc(C=O)cc3n21.CNc1cc(C)on1. The number of anilines is 1. The normalized spacial score (nSPS) is 16.1. The molecular weight excluding hydrogens is 332 g/mol. The first kappa shape index (κ1) is 17.7. The first-order chi connectivity index (χ1) is 12.5. The molecule has 0 fully saturated rings. The van der Waals surface area contributed by atoms with Gasteiger partial charge in [-0.05, 0) is 32.4 Å². The molecule has 26 heavy (non-hydrogen) atoms. The standard InChI is InChI=1S/C14H14N2O2.C5H8N2O/c1-9-4-5-15-14(18)13-7-11-3-2-10(8-17)6-12(11)16(9)13;1-4-3-5(6-2)7-8-4/h2-3,6-9H,4-5H2,1H3,(H,15,18);3H,1-2H3,(H,6,7). The summed E-state index contributed by atoms with van der Waals surface area (Å²) >= 11 is 0. The number of aldehydes is 1. The van der Waals surface area contributed by atoms with Gasteiger partial charge in [0.2, 0.25) is 0 Å². The third-order valence-corrected chi connectivity index (χ3v) is 4.41. The van der Waals surface area contributed by atoms with Crippen LogP contribution < -0.4 is 10.6 Å². The maximum atomic E-state index is 12.0. The van der Waals surface area contributed by atoms with Crippen LogP contribution in [-0.2, 0) is 0 Å². The molecule has 1 atom stereocenters. The number of benzene rings is 1. The van der Waals surface area contributed by atoms with Gasteiger partial charge in [0.1, 0.15) is 17.7 Å². The minimum atomic E-state index is -0.0387. The van der Waals surface area contributed by atoms with E-state index < -0.39 is 0 Å². The Morgan fingerprint density at radius 3 is 2.77 bits per heavy atom. The summed E-state index contributed by atoms with van der Waals surface area (Å²) in [4.78, 5) is 22.8. The Hall–Kier alpha value is -3.09. The van der Waals surface area contributed by atoms with Crippen LogP contribution in [0.5, 0.6) is 0 Å². The fraction of sp³-hybridized carbons (Fsp3) is 0.316. The number of carbonyl (C=O) groups is 2. The predicted octanol–water partition coefficient (Wildman–Crippen LogP) is 3.17. The van der Waals surface area contributed by atoms with E-state index in [4.69, 9.17) is 4.52 Å². The van der Waals surface area contributed by atoms with Crippen molar-refractivity contribution in [1.82, 2.24) is 15.0 Å². The number of rotatable bonds is 2. The molecule has 0 saturated heterocycles. The minimum absolute atomic E-state index is 0.0387. The van der Waals surface area contributed by atoms with E-state index in [-0.39, 0.29) is 11.9 Å². The Morgan fingerprint density at radius 2 is 2.15 bits per heavy atom. The lowest BCUT2D eigenvalue weighted by Gasteiger charge is -2.14. The van der Waals surface area contributed by atoms with Crippen LogP contribution in [0.25, 0.3) is 10.9 Å². The molecule has 2 aromatic heterocycles. The summed E-state index contributed by atoms with van der Waals surface area (Å²) in [6.07, 6.45) is 1.73. The maximum absolute atomic E-state index is 12.0. The fourth-order valence-corrected chi connectivity index (χ4v) is 3.06. The van der Waals surface area contributed by atoms with Crippen LogP contribution in [0.2, 0.25) is 0 Å². The molecule has 4 rings (SSSR count). The van der Waals surface area contributed by atoms with E-state index in [1.165, 1.54) is 0 Å². The van der Waals surface area contributed by atoms with Gasteiger partial charge in [-0.15, -0.1) is 0 Å². The van der Waals surface area contributed by atoms with E-state index in [0.717, 1.165) is 35.2 Å². The Morgan fingerprint density at radius 1 is 1.35 bits per heavy atom. The number of aryl methyl sites for hydroxylation is 1. The zero-order valence-electron chi connectivity index (χ0n) is 15.1. The number of aromatic nitrogens is 2. The molecule has 0 aliphatic carbocycles. The van der Waals surface area contributed by atoms with Crippen molar-refractivity contribution in [2.75, 3.05) is 18.9 Å². The van der Waals surface area contributed by atoms with Gasteiger partial charge in [-0.2, -0.15) is 0 Å². The van der Waals surface area contributed by atoms with E-state index in [9.17, 15) is 9.59 Å². The zero-order chi connectivity index (χ0) is 18.7. The summed E-state index contributed by atoms with van der Waals surface area (Å²) in [6.45, 7) is 4.64. The van der Waals surface area contributed by atoms with Crippen LogP contribution >= 0.6 is 0 Å². The Bertz CT molecular complexity index is 942. The van der Waals surface area contributed by atoms with Gasteiger partial charge >= 0.3 is 0 Å². The van der Waals surface area contributed by atoms with Gasteiger partial charge in [0.15, 0.2) is 5.82 Å². The Kier molecular flexibility index (Phi) is 5.06. The Balaban J connectivity index is 0.000000206. The molecule has 0 spiro atoms. The number of amides is 1. The van der Waals surface area contributed by atoms with Crippen molar-refractivity contribution < 1.29 is 14.1 Å². The van der Waals surface area contributed by atoms with E-state index in [0.29, 0.717) is 17.8 Å². The second-order valence-corrected chi connectivity index (χ2v) is 6.30. The molecular formula is C19H22N4O3. The summed E-state index contributed by atoms with van der Waals surface area (Å²) in [5.41, 5.74) is 2.28. The van der Waals surface area contributed by atoms with Crippen molar-refractivity contribution in [3.05, 3.63) is 47.3 Å². The average molecular weight is 354 g/mol. The van der Waals surface area contributed by atoms with Gasteiger partial charge in [0.25, 0.3) is 5.91 Å². The summed E-state index contributed by atoms with van der Waals surface area (Å²) in [5, 5.41) is 10.4. The molecule has 136 valence electrons. The van der Waals surface area contributed by atoms with Gasteiger partial charge in [0, 0.05) is 42.2 Å². The molecule has 2 N–H and O–H groups in total. The van der Waals surface area contributed by atoms with Gasteiger partial charge in [0.05, 0.1) is 0 Å². The van der Waals surface area contributed by atoms with Crippen molar-refractivity contribution in [2.45, 2.75) is 26.3 Å². The highest BCUT2D eigenvalue weighted by Crippen LogP contribution is 2.27. The van der Waals surface area contributed by atoms with Crippen molar-refractivity contribution >= 4 is 28.9 Å². The number of carbonyl (C=O) groups excluding carboxylic acids is 2. The molecule has 1 unspecified atom stereocenters. The lowest BCUT2D eigenvalue weighted by Crippen LogP contribution is -2.22. The van der Waals surface area contributed by atoms with E-state index in [1.807, 2.05) is 35.8 Å². The number of nitrogens with one attached hydrogen (secondary N) is 2. The zero-order valence-corrected chi connectivity index (χ0v) is 15.1. The average Bonchev–Trinajstić information content (AvgIpc) is 3.21. The third-order valence-electron chi connectivity index (χ3n) is 4.41. The number of fused-ring (bicyclic) bond motifs is 3. The van der Waals surface area contributed by atoms with Crippen LogP contribution in [0.4, 0.5) is 5.82 Å². The van der Waals surface area contributed by atoms with Crippen molar-refractivity contribution in [3.8, 4) is 0 Å². The van der Waals surface area contributed by atoms with Gasteiger partial charge in [-0.1, -0.05) is 17.3 Å². The predicted molar refractivity (Wildman–Crippen MR) is 99.8 cm³/mol. The topological polar surface area (TPSA) is 89.2 Å². The molecule has 3 aromatic rings. The molecule has 1 aliphatic rings. The molecule has 0 saturated carbocycles. The highest BCUT2D eigenvalue weighted by Gasteiger charge is 2.22. The molecule has 7 nitrogen and oxygen atoms in total. The largest absolute Gasteiger partial charge is 0.370 e. The monoisotopic (exact) mass is 354 g/mol. The summed E-state index contributed by atoms with van der Waals surface area (Å²) in [5.74, 6) is 1.57. The smallest absolute Gasteiger partial charge is 0.267 e. The van der Waals surface area contributed by atoms with Gasteiger partial charge < -0.3 is 19.7 Å². The first-order valence-corrected chi connectivity index (χ1v) is 8.53. The highest BCUT2D eigenvalue weighted by molar-refractivity contribution is 6.00. The molecule has 1 aliphatic heterocycles. The second-order valence-electron chi connectivity index (χ2n) is 6.30. The molecule has 1 aromatic carbocycles.